The van der Waals surface area contributed by atoms with Gasteiger partial charge in [-0.2, -0.15) is 0 Å². The van der Waals surface area contributed by atoms with Crippen molar-refractivity contribution < 1.29 is 0 Å². The molecule has 19 heavy (non-hydrogen) atoms. The Kier molecular flexibility index (Phi) is 3.39. The Morgan fingerprint density at radius 3 is 2.37 bits per heavy atom. The first-order valence-corrected chi connectivity index (χ1v) is 6.67. The summed E-state index contributed by atoms with van der Waals surface area (Å²) in [6, 6.07) is 22.7. The highest BCUT2D eigenvalue weighted by molar-refractivity contribution is 6.33. The van der Waals surface area contributed by atoms with E-state index in [1.54, 1.807) is 0 Å². The molecule has 0 atom stereocenters. The number of hydrogen-bond acceptors (Lipinski definition) is 1. The number of rotatable bonds is 3. The number of benzene rings is 3. The predicted molar refractivity (Wildman–Crippen MR) is 82.7 cm³/mol. The summed E-state index contributed by atoms with van der Waals surface area (Å²) >= 11 is 6.12. The highest BCUT2D eigenvalue weighted by atomic mass is 35.5. The van der Waals surface area contributed by atoms with Crippen LogP contribution in [0, 0.1) is 0 Å². The molecule has 0 aliphatic carbocycles. The van der Waals surface area contributed by atoms with Gasteiger partial charge >= 0.3 is 0 Å². The second-order valence-corrected chi connectivity index (χ2v) is 4.92. The summed E-state index contributed by atoms with van der Waals surface area (Å²) in [7, 11) is 0. The molecule has 3 aromatic carbocycles. The van der Waals surface area contributed by atoms with Crippen LogP contribution in [0.1, 0.15) is 5.56 Å². The Balaban J connectivity index is 1.80. The van der Waals surface area contributed by atoms with E-state index in [-0.39, 0.29) is 0 Å². The quantitative estimate of drug-likeness (QED) is 0.696. The van der Waals surface area contributed by atoms with Crippen molar-refractivity contribution in [3.05, 3.63) is 77.3 Å². The van der Waals surface area contributed by atoms with Gasteiger partial charge in [-0.3, -0.25) is 0 Å². The molecule has 3 rings (SSSR count). The Labute approximate surface area is 117 Å². The molecular formula is C17H14ClN. The molecule has 0 aliphatic heterocycles. The van der Waals surface area contributed by atoms with Crippen LogP contribution in [0.2, 0.25) is 5.02 Å². The van der Waals surface area contributed by atoms with E-state index in [1.165, 1.54) is 16.3 Å². The van der Waals surface area contributed by atoms with Crippen LogP contribution < -0.4 is 5.32 Å². The summed E-state index contributed by atoms with van der Waals surface area (Å²) in [4.78, 5) is 0. The van der Waals surface area contributed by atoms with E-state index in [0.717, 1.165) is 17.3 Å². The Hall–Kier alpha value is -1.99. The van der Waals surface area contributed by atoms with Crippen LogP contribution in [0.25, 0.3) is 10.8 Å². The molecule has 1 nitrogen and oxygen atoms in total. The predicted octanol–water partition coefficient (Wildman–Crippen LogP) is 5.11. The van der Waals surface area contributed by atoms with Gasteiger partial charge in [0.1, 0.15) is 0 Å². The minimum Gasteiger partial charge on any atom is -0.380 e. The lowest BCUT2D eigenvalue weighted by molar-refractivity contribution is 1.16. The van der Waals surface area contributed by atoms with Crippen molar-refractivity contribution in [3.63, 3.8) is 0 Å². The van der Waals surface area contributed by atoms with Gasteiger partial charge in [-0.15, -0.1) is 0 Å². The van der Waals surface area contributed by atoms with Crippen molar-refractivity contribution in [2.75, 3.05) is 5.32 Å². The van der Waals surface area contributed by atoms with Gasteiger partial charge in [-0.1, -0.05) is 60.1 Å². The van der Waals surface area contributed by atoms with Crippen LogP contribution in [-0.2, 0) is 6.54 Å². The molecule has 0 heterocycles. The fraction of sp³-hybridized carbons (Fsp3) is 0.0588. The normalized spacial score (nSPS) is 10.6. The van der Waals surface area contributed by atoms with Crippen LogP contribution in [-0.4, -0.2) is 0 Å². The van der Waals surface area contributed by atoms with E-state index >= 15 is 0 Å². The third-order valence-electron chi connectivity index (χ3n) is 3.17. The number of fused-ring (bicyclic) bond motifs is 1. The second kappa shape index (κ2) is 5.33. The molecule has 0 aromatic heterocycles. The van der Waals surface area contributed by atoms with E-state index in [1.807, 2.05) is 24.3 Å². The lowest BCUT2D eigenvalue weighted by atomic mass is 10.1. The SMILES string of the molecule is Clc1ccccc1NCc1ccc2ccccc2c1. The van der Waals surface area contributed by atoms with Crippen molar-refractivity contribution in [1.29, 1.82) is 0 Å². The maximum absolute atomic E-state index is 6.12. The van der Waals surface area contributed by atoms with Crippen molar-refractivity contribution in [3.8, 4) is 0 Å². The summed E-state index contributed by atoms with van der Waals surface area (Å²) in [5, 5.41) is 6.65. The molecule has 0 spiro atoms. The molecule has 2 heteroatoms. The second-order valence-electron chi connectivity index (χ2n) is 4.51. The van der Waals surface area contributed by atoms with Gasteiger partial charge in [0.15, 0.2) is 0 Å². The van der Waals surface area contributed by atoms with Gasteiger partial charge < -0.3 is 5.32 Å². The zero-order valence-corrected chi connectivity index (χ0v) is 11.2. The first-order chi connectivity index (χ1) is 9.33. The molecule has 94 valence electrons. The van der Waals surface area contributed by atoms with Crippen molar-refractivity contribution in [1.82, 2.24) is 0 Å². The third-order valence-corrected chi connectivity index (χ3v) is 3.50. The number of hydrogen-bond donors (Lipinski definition) is 1. The minimum absolute atomic E-state index is 0.753. The van der Waals surface area contributed by atoms with E-state index in [4.69, 9.17) is 11.6 Å². The van der Waals surface area contributed by atoms with Gasteiger partial charge in [0, 0.05) is 6.54 Å². The first kappa shape index (κ1) is 12.1. The van der Waals surface area contributed by atoms with Gasteiger partial charge in [-0.05, 0) is 34.5 Å². The summed E-state index contributed by atoms with van der Waals surface area (Å²) < 4.78 is 0. The standard InChI is InChI=1S/C17H14ClN/c18-16-7-3-4-8-17(16)19-12-13-9-10-14-5-1-2-6-15(14)11-13/h1-11,19H,12H2. The molecule has 0 saturated carbocycles. The maximum Gasteiger partial charge on any atom is 0.0637 e. The average Bonchev–Trinajstić information content (AvgIpc) is 2.46. The molecule has 0 unspecified atom stereocenters. The van der Waals surface area contributed by atoms with Gasteiger partial charge in [0.05, 0.1) is 10.7 Å². The maximum atomic E-state index is 6.12. The monoisotopic (exact) mass is 267 g/mol. The van der Waals surface area contributed by atoms with Crippen LogP contribution >= 0.6 is 11.6 Å². The zero-order valence-electron chi connectivity index (χ0n) is 10.4. The van der Waals surface area contributed by atoms with Crippen LogP contribution in [0.4, 0.5) is 5.69 Å². The Bertz CT molecular complexity index is 706. The topological polar surface area (TPSA) is 12.0 Å². The fourth-order valence-electron chi connectivity index (χ4n) is 2.15. The summed E-state index contributed by atoms with van der Waals surface area (Å²) in [6.07, 6.45) is 0. The molecule has 0 bridgehead atoms. The van der Waals surface area contributed by atoms with E-state index in [2.05, 4.69) is 47.8 Å². The highest BCUT2D eigenvalue weighted by Gasteiger charge is 1.99. The lowest BCUT2D eigenvalue weighted by Crippen LogP contribution is -1.99. The van der Waals surface area contributed by atoms with E-state index in [0.29, 0.717) is 0 Å². The minimum atomic E-state index is 0.753. The van der Waals surface area contributed by atoms with Crippen molar-refractivity contribution >= 4 is 28.1 Å². The van der Waals surface area contributed by atoms with Crippen LogP contribution in [0.15, 0.2) is 66.7 Å². The smallest absolute Gasteiger partial charge is 0.0637 e. The Morgan fingerprint density at radius 1 is 0.789 bits per heavy atom. The van der Waals surface area contributed by atoms with Gasteiger partial charge in [0.25, 0.3) is 0 Å². The van der Waals surface area contributed by atoms with E-state index in [9.17, 15) is 0 Å². The molecular weight excluding hydrogens is 254 g/mol. The van der Waals surface area contributed by atoms with Crippen LogP contribution in [0.5, 0.6) is 0 Å². The molecule has 0 radical (unpaired) electrons. The molecule has 0 saturated heterocycles. The fourth-order valence-corrected chi connectivity index (χ4v) is 2.35. The van der Waals surface area contributed by atoms with Gasteiger partial charge in [-0.25, -0.2) is 0 Å². The number of halogens is 1. The van der Waals surface area contributed by atoms with E-state index < -0.39 is 0 Å². The van der Waals surface area contributed by atoms with Crippen LogP contribution in [0.3, 0.4) is 0 Å². The first-order valence-electron chi connectivity index (χ1n) is 6.29. The summed E-state index contributed by atoms with van der Waals surface area (Å²) in [5.41, 5.74) is 2.22. The number of nitrogens with one attached hydrogen (secondary N) is 1. The largest absolute Gasteiger partial charge is 0.380 e. The van der Waals surface area contributed by atoms with Crippen molar-refractivity contribution in [2.45, 2.75) is 6.54 Å². The highest BCUT2D eigenvalue weighted by Crippen LogP contribution is 2.22. The summed E-state index contributed by atoms with van der Waals surface area (Å²) in [6.45, 7) is 0.772. The lowest BCUT2D eigenvalue weighted by Gasteiger charge is -2.09. The average molecular weight is 268 g/mol. The molecule has 3 aromatic rings. The number of para-hydroxylation sites is 1. The molecule has 0 amide bonds. The van der Waals surface area contributed by atoms with Gasteiger partial charge in [0.2, 0.25) is 0 Å². The molecule has 0 fully saturated rings. The summed E-state index contributed by atoms with van der Waals surface area (Å²) in [5.74, 6) is 0. The van der Waals surface area contributed by atoms with Crippen molar-refractivity contribution in [2.24, 2.45) is 0 Å². The Morgan fingerprint density at radius 2 is 1.53 bits per heavy atom. The molecule has 0 aliphatic rings. The zero-order chi connectivity index (χ0) is 13.1. The molecule has 1 N–H and O–H groups in total. The number of anilines is 1. The third kappa shape index (κ3) is 2.72.